The van der Waals surface area contributed by atoms with Gasteiger partial charge < -0.3 is 28.4 Å². The molecule has 0 radical (unpaired) electrons. The summed E-state index contributed by atoms with van der Waals surface area (Å²) in [5, 5.41) is 0. The van der Waals surface area contributed by atoms with E-state index in [1.54, 1.807) is 32.4 Å². The van der Waals surface area contributed by atoms with Crippen LogP contribution >= 0.6 is 0 Å². The zero-order valence-corrected chi connectivity index (χ0v) is 20.2. The number of rotatable bonds is 6. The van der Waals surface area contributed by atoms with E-state index in [0.717, 1.165) is 7.11 Å². The molecule has 3 aliphatic heterocycles. The van der Waals surface area contributed by atoms with E-state index in [1.807, 2.05) is 0 Å². The largest absolute Gasteiger partial charge is 0.465 e. The van der Waals surface area contributed by atoms with E-state index in [4.69, 9.17) is 27.9 Å². The lowest BCUT2D eigenvalue weighted by Crippen LogP contribution is -2.60. The zero-order chi connectivity index (χ0) is 24.9. The van der Waals surface area contributed by atoms with Gasteiger partial charge in [-0.25, -0.2) is 13.7 Å². The third-order valence-corrected chi connectivity index (χ3v) is 6.35. The van der Waals surface area contributed by atoms with Crippen LogP contribution in [0.5, 0.6) is 0 Å². The van der Waals surface area contributed by atoms with Crippen molar-refractivity contribution in [2.75, 3.05) is 20.3 Å². The first-order valence-electron chi connectivity index (χ1n) is 10.5. The molecule has 1 aromatic rings. The van der Waals surface area contributed by atoms with E-state index in [9.17, 15) is 18.0 Å². The molecular weight excluding hydrogens is 474 g/mol. The molecule has 4 atom stereocenters. The van der Waals surface area contributed by atoms with Crippen molar-refractivity contribution >= 4 is 22.2 Å². The van der Waals surface area contributed by atoms with Crippen molar-refractivity contribution in [3.63, 3.8) is 0 Å². The normalized spacial score (nSPS) is 31.4. The van der Waals surface area contributed by atoms with Crippen molar-refractivity contribution in [2.24, 2.45) is 0 Å². The van der Waals surface area contributed by atoms with Crippen LogP contribution < -0.4 is 4.72 Å². The molecule has 1 amide bonds. The fourth-order valence-electron chi connectivity index (χ4n) is 4.27. The van der Waals surface area contributed by atoms with Crippen LogP contribution in [0.4, 0.5) is 0 Å². The van der Waals surface area contributed by atoms with Gasteiger partial charge in [-0.3, -0.25) is 4.79 Å². The van der Waals surface area contributed by atoms with Gasteiger partial charge >= 0.3 is 16.3 Å². The summed E-state index contributed by atoms with van der Waals surface area (Å²) in [5.74, 6) is -5.52. The molecule has 1 N–H and O–H groups in total. The maximum atomic E-state index is 12.6. The second-order valence-electron chi connectivity index (χ2n) is 8.99. The molecule has 4 rings (SSSR count). The molecule has 3 saturated heterocycles. The highest BCUT2D eigenvalue weighted by Gasteiger charge is 2.65. The molecule has 0 bridgehead atoms. The van der Waals surface area contributed by atoms with E-state index >= 15 is 0 Å². The Kier molecular flexibility index (Phi) is 6.26. The number of carbonyl (C=O) groups is 2. The second kappa shape index (κ2) is 8.52. The first-order valence-corrected chi connectivity index (χ1v) is 11.9. The van der Waals surface area contributed by atoms with E-state index in [2.05, 4.69) is 4.74 Å². The number of fused-ring (bicyclic) bond motifs is 3. The van der Waals surface area contributed by atoms with E-state index in [-0.39, 0.29) is 17.7 Å². The monoisotopic (exact) mass is 501 g/mol. The Morgan fingerprint density at radius 2 is 1.74 bits per heavy atom. The Morgan fingerprint density at radius 3 is 2.41 bits per heavy atom. The number of amides is 1. The molecule has 34 heavy (non-hydrogen) atoms. The Morgan fingerprint density at radius 1 is 1.06 bits per heavy atom. The maximum absolute atomic E-state index is 12.6. The highest BCUT2D eigenvalue weighted by Crippen LogP contribution is 2.47. The third-order valence-electron chi connectivity index (χ3n) is 5.48. The molecule has 0 aromatic heterocycles. The predicted molar refractivity (Wildman–Crippen MR) is 113 cm³/mol. The van der Waals surface area contributed by atoms with Crippen LogP contribution in [-0.2, 0) is 42.9 Å². The van der Waals surface area contributed by atoms with Crippen molar-refractivity contribution in [1.29, 1.82) is 0 Å². The number of hydrogen-bond acceptors (Lipinski definition) is 11. The van der Waals surface area contributed by atoms with Gasteiger partial charge in [0, 0.05) is 0 Å². The van der Waals surface area contributed by atoms with Crippen LogP contribution in [0.15, 0.2) is 24.3 Å². The first-order chi connectivity index (χ1) is 15.8. The summed E-state index contributed by atoms with van der Waals surface area (Å²) in [7, 11) is -3.50. The quantitative estimate of drug-likeness (QED) is 0.554. The summed E-state index contributed by atoms with van der Waals surface area (Å²) in [6, 6.07) is 5.60. The summed E-state index contributed by atoms with van der Waals surface area (Å²) >= 11 is 0. The van der Waals surface area contributed by atoms with Gasteiger partial charge in [0.1, 0.15) is 24.9 Å². The summed E-state index contributed by atoms with van der Waals surface area (Å²) in [6.45, 7) is 6.20. The zero-order valence-electron chi connectivity index (χ0n) is 19.4. The highest BCUT2D eigenvalue weighted by molar-refractivity contribution is 7.85. The lowest BCUT2D eigenvalue weighted by molar-refractivity contribution is -0.290. The molecule has 0 aliphatic carbocycles. The van der Waals surface area contributed by atoms with Gasteiger partial charge in [0.05, 0.1) is 24.8 Å². The second-order valence-corrected chi connectivity index (χ2v) is 10.3. The van der Waals surface area contributed by atoms with Crippen molar-refractivity contribution in [2.45, 2.75) is 63.4 Å². The summed E-state index contributed by atoms with van der Waals surface area (Å²) in [5.41, 5.74) is -0.303. The van der Waals surface area contributed by atoms with Gasteiger partial charge in [0.25, 0.3) is 5.91 Å². The number of nitrogens with one attached hydrogen (secondary N) is 1. The predicted octanol–water partition coefficient (Wildman–Crippen LogP) is 0.863. The summed E-state index contributed by atoms with van der Waals surface area (Å²) < 4.78 is 66.3. The molecule has 3 unspecified atom stereocenters. The van der Waals surface area contributed by atoms with Gasteiger partial charge in [-0.1, -0.05) is 12.1 Å². The number of hydrogen-bond donors (Lipinski definition) is 1. The summed E-state index contributed by atoms with van der Waals surface area (Å²) in [6.07, 6.45) is -1.91. The van der Waals surface area contributed by atoms with Crippen molar-refractivity contribution in [1.82, 2.24) is 4.72 Å². The lowest BCUT2D eigenvalue weighted by atomic mass is 9.98. The molecule has 3 aliphatic rings. The van der Waals surface area contributed by atoms with Gasteiger partial charge in [0.15, 0.2) is 11.6 Å². The molecule has 12 nitrogen and oxygen atoms in total. The molecule has 13 heteroatoms. The Labute approximate surface area is 197 Å². The minimum absolute atomic E-state index is 0.0479. The van der Waals surface area contributed by atoms with Crippen LogP contribution in [0.25, 0.3) is 0 Å². The summed E-state index contributed by atoms with van der Waals surface area (Å²) in [4.78, 5) is 24.5. The average molecular weight is 502 g/mol. The van der Waals surface area contributed by atoms with Gasteiger partial charge in [-0.05, 0) is 39.8 Å². The SMILES string of the molecule is COC(=O)c1ccccc1C(=O)NS(=O)(=O)OC[C@@]12OCC3OC(C)(C)OC3C1OC(C)(C)O2. The number of ether oxygens (including phenoxy) is 6. The van der Waals surface area contributed by atoms with E-state index in [0.29, 0.717) is 0 Å². The van der Waals surface area contributed by atoms with Crippen LogP contribution in [0.1, 0.15) is 48.4 Å². The minimum atomic E-state index is -4.64. The minimum Gasteiger partial charge on any atom is -0.465 e. The van der Waals surface area contributed by atoms with Crippen molar-refractivity contribution < 1.29 is 50.6 Å². The molecule has 0 saturated carbocycles. The first kappa shape index (κ1) is 25.0. The van der Waals surface area contributed by atoms with E-state index < -0.39 is 64.5 Å². The standard InChI is InChI=1S/C21H27NO11S/c1-19(2)30-14-10-28-21(16(15(14)31-19)32-20(3,4)33-21)11-29-34(25,26)22-17(23)12-8-6-7-9-13(12)18(24)27-5/h6-9,14-16H,10-11H2,1-5H3,(H,22,23)/t14?,15?,16?,21-/m0/s1. The van der Waals surface area contributed by atoms with Gasteiger partial charge in [0.2, 0.25) is 5.79 Å². The van der Waals surface area contributed by atoms with Crippen LogP contribution in [0, 0.1) is 0 Å². The van der Waals surface area contributed by atoms with Gasteiger partial charge in [-0.15, -0.1) is 0 Å². The van der Waals surface area contributed by atoms with Crippen LogP contribution in [0.3, 0.4) is 0 Å². The Hall–Kier alpha value is -2.13. The molecule has 3 heterocycles. The van der Waals surface area contributed by atoms with Crippen molar-refractivity contribution in [3.05, 3.63) is 35.4 Å². The number of benzene rings is 1. The molecule has 0 spiro atoms. The van der Waals surface area contributed by atoms with E-state index in [1.165, 1.54) is 24.3 Å². The van der Waals surface area contributed by atoms with Crippen LogP contribution in [-0.4, -0.2) is 76.3 Å². The molecule has 1 aromatic carbocycles. The lowest BCUT2D eigenvalue weighted by Gasteiger charge is -2.40. The average Bonchev–Trinajstić information content (AvgIpc) is 3.22. The van der Waals surface area contributed by atoms with Crippen LogP contribution in [0.2, 0.25) is 0 Å². The Bertz CT molecular complexity index is 1090. The molecular formula is C21H27NO11S. The topological polar surface area (TPSA) is 145 Å². The molecule has 3 fully saturated rings. The fraction of sp³-hybridized carbons (Fsp3) is 0.619. The van der Waals surface area contributed by atoms with Crippen molar-refractivity contribution in [3.8, 4) is 0 Å². The fourth-order valence-corrected chi connectivity index (χ4v) is 4.99. The smallest absolute Gasteiger partial charge is 0.362 e. The molecule has 188 valence electrons. The number of carbonyl (C=O) groups excluding carboxylic acids is 2. The Balaban J connectivity index is 1.50. The number of methoxy groups -OCH3 is 1. The van der Waals surface area contributed by atoms with Gasteiger partial charge in [-0.2, -0.15) is 8.42 Å². The highest BCUT2D eigenvalue weighted by atomic mass is 32.2. The number of esters is 1. The maximum Gasteiger partial charge on any atom is 0.362 e. The third kappa shape index (κ3) is 4.82.